The molecule has 1 rings (SSSR count). The summed E-state index contributed by atoms with van der Waals surface area (Å²) in [5, 5.41) is 14.6. The normalized spacial score (nSPS) is 9.94. The van der Waals surface area contributed by atoms with Crippen LogP contribution in [0.4, 0.5) is 4.39 Å². The topological polar surface area (TPSA) is 44.3 Å². The lowest BCUT2D eigenvalue weighted by atomic mass is 10.2. The quantitative estimate of drug-likeness (QED) is 0.719. The van der Waals surface area contributed by atoms with Crippen LogP contribution in [0.3, 0.4) is 0 Å². The van der Waals surface area contributed by atoms with Gasteiger partial charge in [-0.25, -0.2) is 4.39 Å². The molecule has 3 nitrogen and oxygen atoms in total. The van der Waals surface area contributed by atoms with Gasteiger partial charge in [0.1, 0.15) is 5.82 Å². The number of halogens is 2. The summed E-state index contributed by atoms with van der Waals surface area (Å²) in [4.78, 5) is 0. The molecule has 0 aliphatic rings. The van der Waals surface area contributed by atoms with Gasteiger partial charge in [-0.2, -0.15) is 0 Å². The maximum Gasteiger partial charge on any atom is 0.166 e. The van der Waals surface area contributed by atoms with Crippen LogP contribution in [0.25, 0.3) is 0 Å². The van der Waals surface area contributed by atoms with E-state index in [9.17, 15) is 4.39 Å². The van der Waals surface area contributed by atoms with Crippen molar-refractivity contribution in [2.45, 2.75) is 6.54 Å². The van der Waals surface area contributed by atoms with E-state index in [2.05, 4.69) is 10.6 Å². The van der Waals surface area contributed by atoms with Crippen LogP contribution in [0.15, 0.2) is 18.2 Å². The number of nitrogens with one attached hydrogen (secondary N) is 2. The van der Waals surface area contributed by atoms with Gasteiger partial charge in [-0.15, -0.1) is 0 Å². The van der Waals surface area contributed by atoms with Crippen molar-refractivity contribution < 1.29 is 9.50 Å². The molecule has 0 saturated heterocycles. The third-order valence-electron chi connectivity index (χ3n) is 1.87. The van der Waals surface area contributed by atoms with Crippen LogP contribution in [-0.2, 0) is 6.54 Å². The Kier molecular flexibility index (Phi) is 5.45. The average molecular weight is 263 g/mol. The molecule has 0 heterocycles. The molecule has 0 aliphatic heterocycles. The minimum Gasteiger partial charge on any atom is -0.395 e. The zero-order valence-corrected chi connectivity index (χ0v) is 10.0. The summed E-state index contributed by atoms with van der Waals surface area (Å²) >= 11 is 10.5. The van der Waals surface area contributed by atoms with Gasteiger partial charge in [0.15, 0.2) is 5.11 Å². The van der Waals surface area contributed by atoms with Gasteiger partial charge in [0.25, 0.3) is 0 Å². The number of rotatable bonds is 4. The van der Waals surface area contributed by atoms with Crippen molar-refractivity contribution in [1.82, 2.24) is 10.6 Å². The highest BCUT2D eigenvalue weighted by molar-refractivity contribution is 7.80. The number of aliphatic hydroxyl groups is 1. The van der Waals surface area contributed by atoms with Crippen LogP contribution in [0.5, 0.6) is 0 Å². The average Bonchev–Trinajstić information content (AvgIpc) is 2.28. The van der Waals surface area contributed by atoms with Gasteiger partial charge in [0, 0.05) is 18.7 Å². The Morgan fingerprint density at radius 2 is 2.19 bits per heavy atom. The molecule has 1 aromatic carbocycles. The zero-order chi connectivity index (χ0) is 12.0. The van der Waals surface area contributed by atoms with E-state index in [1.807, 2.05) is 0 Å². The number of thiocarbonyl (C=S) groups is 1. The number of hydrogen-bond donors (Lipinski definition) is 3. The van der Waals surface area contributed by atoms with Crippen molar-refractivity contribution >= 4 is 28.9 Å². The summed E-state index contributed by atoms with van der Waals surface area (Å²) in [5.41, 5.74) is 0.445. The molecule has 0 fully saturated rings. The second-order valence-corrected chi connectivity index (χ2v) is 3.86. The first-order chi connectivity index (χ1) is 7.65. The summed E-state index contributed by atoms with van der Waals surface area (Å²) in [6.45, 7) is 0.612. The first-order valence-electron chi connectivity index (χ1n) is 4.70. The predicted molar refractivity (Wildman–Crippen MR) is 65.9 cm³/mol. The molecule has 0 unspecified atom stereocenters. The second kappa shape index (κ2) is 6.62. The second-order valence-electron chi connectivity index (χ2n) is 3.05. The Morgan fingerprint density at radius 3 is 2.88 bits per heavy atom. The van der Waals surface area contributed by atoms with E-state index in [4.69, 9.17) is 28.9 Å². The molecule has 0 radical (unpaired) electrons. The van der Waals surface area contributed by atoms with Crippen molar-refractivity contribution in [3.63, 3.8) is 0 Å². The third kappa shape index (κ3) is 3.92. The maximum absolute atomic E-state index is 13.4. The van der Waals surface area contributed by atoms with Crippen molar-refractivity contribution in [3.8, 4) is 0 Å². The summed E-state index contributed by atoms with van der Waals surface area (Å²) in [6.07, 6.45) is 0. The fourth-order valence-electron chi connectivity index (χ4n) is 1.09. The zero-order valence-electron chi connectivity index (χ0n) is 8.46. The monoisotopic (exact) mass is 262 g/mol. The molecule has 3 N–H and O–H groups in total. The van der Waals surface area contributed by atoms with Crippen LogP contribution in [0.2, 0.25) is 5.02 Å². The van der Waals surface area contributed by atoms with Gasteiger partial charge in [-0.05, 0) is 18.3 Å². The van der Waals surface area contributed by atoms with Gasteiger partial charge in [-0.1, -0.05) is 23.7 Å². The fourth-order valence-corrected chi connectivity index (χ4v) is 1.46. The molecule has 0 atom stereocenters. The van der Waals surface area contributed by atoms with Crippen molar-refractivity contribution in [3.05, 3.63) is 34.6 Å². The van der Waals surface area contributed by atoms with Crippen LogP contribution in [0.1, 0.15) is 5.56 Å². The van der Waals surface area contributed by atoms with E-state index in [-0.39, 0.29) is 18.2 Å². The summed E-state index contributed by atoms with van der Waals surface area (Å²) in [5.74, 6) is -0.443. The van der Waals surface area contributed by atoms with E-state index >= 15 is 0 Å². The Balaban J connectivity index is 2.48. The standard InChI is InChI=1S/C10H12ClFN2OS/c11-8-3-1-2-7(9(8)12)6-14-10(16)13-4-5-15/h1-3,15H,4-6H2,(H2,13,14,16). The minimum absolute atomic E-state index is 0.00660. The van der Waals surface area contributed by atoms with Crippen molar-refractivity contribution in [1.29, 1.82) is 0 Å². The molecule has 0 amide bonds. The van der Waals surface area contributed by atoms with Gasteiger partial charge in [0.2, 0.25) is 0 Å². The Morgan fingerprint density at radius 1 is 1.44 bits per heavy atom. The van der Waals surface area contributed by atoms with Crippen LogP contribution < -0.4 is 10.6 Å². The molecular formula is C10H12ClFN2OS. The number of benzene rings is 1. The van der Waals surface area contributed by atoms with Crippen molar-refractivity contribution in [2.24, 2.45) is 0 Å². The lowest BCUT2D eigenvalue weighted by molar-refractivity contribution is 0.300. The molecule has 0 saturated carbocycles. The Hall–Kier alpha value is -0.910. The SMILES string of the molecule is OCCNC(=S)NCc1cccc(Cl)c1F. The highest BCUT2D eigenvalue weighted by Gasteiger charge is 2.05. The van der Waals surface area contributed by atoms with Crippen LogP contribution in [-0.4, -0.2) is 23.4 Å². The lowest BCUT2D eigenvalue weighted by Gasteiger charge is -2.10. The van der Waals surface area contributed by atoms with E-state index in [1.54, 1.807) is 12.1 Å². The molecule has 0 spiro atoms. The Bertz CT molecular complexity index is 376. The highest BCUT2D eigenvalue weighted by atomic mass is 35.5. The maximum atomic E-state index is 13.4. The van der Waals surface area contributed by atoms with E-state index in [0.717, 1.165) is 0 Å². The third-order valence-corrected chi connectivity index (χ3v) is 2.45. The number of aliphatic hydroxyl groups excluding tert-OH is 1. The first kappa shape index (κ1) is 13.2. The molecule has 0 aromatic heterocycles. The number of hydrogen-bond acceptors (Lipinski definition) is 2. The molecule has 88 valence electrons. The van der Waals surface area contributed by atoms with Gasteiger partial charge < -0.3 is 15.7 Å². The molecule has 0 aliphatic carbocycles. The van der Waals surface area contributed by atoms with E-state index in [0.29, 0.717) is 17.2 Å². The summed E-state index contributed by atoms with van der Waals surface area (Å²) in [7, 11) is 0. The smallest absolute Gasteiger partial charge is 0.166 e. The van der Waals surface area contributed by atoms with Crippen LogP contribution >= 0.6 is 23.8 Å². The molecule has 6 heteroatoms. The van der Waals surface area contributed by atoms with Crippen molar-refractivity contribution in [2.75, 3.05) is 13.2 Å². The largest absolute Gasteiger partial charge is 0.395 e. The van der Waals surface area contributed by atoms with Gasteiger partial charge in [0.05, 0.1) is 11.6 Å². The predicted octanol–water partition coefficient (Wildman–Crippen LogP) is 1.44. The minimum atomic E-state index is -0.443. The van der Waals surface area contributed by atoms with E-state index < -0.39 is 5.82 Å². The van der Waals surface area contributed by atoms with E-state index in [1.165, 1.54) is 6.07 Å². The summed E-state index contributed by atoms with van der Waals surface area (Å²) < 4.78 is 13.4. The van der Waals surface area contributed by atoms with Gasteiger partial charge >= 0.3 is 0 Å². The molecular weight excluding hydrogens is 251 g/mol. The molecule has 0 bridgehead atoms. The summed E-state index contributed by atoms with van der Waals surface area (Å²) in [6, 6.07) is 4.79. The fraction of sp³-hybridized carbons (Fsp3) is 0.300. The lowest BCUT2D eigenvalue weighted by Crippen LogP contribution is -2.36. The Labute approximate surface area is 104 Å². The molecule has 1 aromatic rings. The van der Waals surface area contributed by atoms with Gasteiger partial charge in [-0.3, -0.25) is 0 Å². The molecule has 16 heavy (non-hydrogen) atoms. The first-order valence-corrected chi connectivity index (χ1v) is 5.49. The van der Waals surface area contributed by atoms with Crippen LogP contribution in [0, 0.1) is 5.82 Å². The highest BCUT2D eigenvalue weighted by Crippen LogP contribution is 2.17.